The monoisotopic (exact) mass is 389 g/mol. The smallest absolute Gasteiger partial charge is 0.254 e. The molecular weight excluding hydrogens is 358 g/mol. The van der Waals surface area contributed by atoms with Gasteiger partial charge in [-0.2, -0.15) is 0 Å². The summed E-state index contributed by atoms with van der Waals surface area (Å²) in [5.74, 6) is 2.92. The molecule has 1 aromatic heterocycles. The van der Waals surface area contributed by atoms with Crippen LogP contribution in [0.2, 0.25) is 0 Å². The molecule has 6 heteroatoms. The number of nitrogens with one attached hydrogen (secondary N) is 2. The summed E-state index contributed by atoms with van der Waals surface area (Å²) in [5, 5.41) is 3.74. The third-order valence-corrected chi connectivity index (χ3v) is 7.72. The van der Waals surface area contributed by atoms with Crippen LogP contribution >= 0.6 is 11.8 Å². The number of amides is 1. The Balaban J connectivity index is 1.26. The highest BCUT2D eigenvalue weighted by Crippen LogP contribution is 2.61. The highest BCUT2D eigenvalue weighted by atomic mass is 32.2. The Morgan fingerprint density at radius 3 is 2.41 bits per heavy atom. The molecule has 0 atom stereocenters. The van der Waals surface area contributed by atoms with Crippen LogP contribution in [0.25, 0.3) is 0 Å². The summed E-state index contributed by atoms with van der Waals surface area (Å²) in [6.45, 7) is 2.62. The molecule has 5 nitrogen and oxygen atoms in total. The van der Waals surface area contributed by atoms with Crippen LogP contribution in [0.4, 0.5) is 0 Å². The zero-order valence-electron chi connectivity index (χ0n) is 16.5. The van der Waals surface area contributed by atoms with Gasteiger partial charge in [0.05, 0.1) is 0 Å². The Morgan fingerprint density at radius 1 is 1.22 bits per heavy atom. The number of nitrogens with zero attached hydrogens (tertiary/aromatic N) is 1. The second-order valence-corrected chi connectivity index (χ2v) is 9.95. The number of aryl methyl sites for hydroxylation is 1. The number of aromatic amines is 1. The van der Waals surface area contributed by atoms with Crippen LogP contribution in [0.15, 0.2) is 9.95 Å². The van der Waals surface area contributed by atoms with Gasteiger partial charge < -0.3 is 10.3 Å². The molecule has 1 heterocycles. The summed E-state index contributed by atoms with van der Waals surface area (Å²) < 4.78 is 0. The van der Waals surface area contributed by atoms with E-state index in [2.05, 4.69) is 15.3 Å². The van der Waals surface area contributed by atoms with Gasteiger partial charge in [0.15, 0.2) is 5.16 Å². The van der Waals surface area contributed by atoms with Crippen LogP contribution in [0.3, 0.4) is 0 Å². The molecule has 0 saturated heterocycles. The number of aromatic nitrogens is 2. The Labute approximate surface area is 165 Å². The maximum absolute atomic E-state index is 12.3. The second-order valence-electron chi connectivity index (χ2n) is 9.16. The van der Waals surface area contributed by atoms with Crippen molar-refractivity contribution in [3.63, 3.8) is 0 Å². The number of hydrogen-bond acceptors (Lipinski definition) is 4. The molecular formula is C21H31N3O2S. The van der Waals surface area contributed by atoms with Crippen LogP contribution in [0, 0.1) is 30.1 Å². The lowest BCUT2D eigenvalue weighted by Crippen LogP contribution is -2.47. The van der Waals surface area contributed by atoms with Gasteiger partial charge in [0.25, 0.3) is 5.56 Å². The Bertz CT molecular complexity index is 738. The van der Waals surface area contributed by atoms with E-state index in [-0.39, 0.29) is 11.5 Å². The molecule has 0 unspecified atom stereocenters. The number of rotatable bonds is 7. The van der Waals surface area contributed by atoms with E-state index in [1.54, 1.807) is 0 Å². The highest BCUT2D eigenvalue weighted by Gasteiger charge is 2.50. The van der Waals surface area contributed by atoms with Gasteiger partial charge in [0.2, 0.25) is 5.91 Å². The van der Waals surface area contributed by atoms with Gasteiger partial charge in [-0.05, 0) is 87.7 Å². The summed E-state index contributed by atoms with van der Waals surface area (Å²) in [7, 11) is 0. The fourth-order valence-electron chi connectivity index (χ4n) is 6.37. The highest BCUT2D eigenvalue weighted by molar-refractivity contribution is 7.98. The minimum atomic E-state index is -0.117. The molecule has 1 amide bonds. The van der Waals surface area contributed by atoms with Crippen LogP contribution < -0.4 is 10.9 Å². The van der Waals surface area contributed by atoms with E-state index >= 15 is 0 Å². The molecule has 27 heavy (non-hydrogen) atoms. The lowest BCUT2D eigenvalue weighted by atomic mass is 9.49. The van der Waals surface area contributed by atoms with E-state index in [1.807, 2.05) is 13.2 Å². The van der Waals surface area contributed by atoms with Crippen molar-refractivity contribution in [3.8, 4) is 0 Å². The number of carbonyl (C=O) groups excluding carboxylic acids is 1. The van der Waals surface area contributed by atoms with Gasteiger partial charge in [-0.3, -0.25) is 9.59 Å². The number of hydrogen-bond donors (Lipinski definition) is 2. The normalized spacial score (nSPS) is 31.3. The average molecular weight is 390 g/mol. The molecule has 0 radical (unpaired) electrons. The number of carbonyl (C=O) groups is 1. The van der Waals surface area contributed by atoms with E-state index in [4.69, 9.17) is 0 Å². The van der Waals surface area contributed by atoms with E-state index in [0.29, 0.717) is 29.0 Å². The molecule has 4 bridgehead atoms. The summed E-state index contributed by atoms with van der Waals surface area (Å²) in [4.78, 5) is 31.6. The molecule has 4 aliphatic rings. The van der Waals surface area contributed by atoms with Gasteiger partial charge in [-0.15, -0.1) is 0 Å². The fourth-order valence-corrected chi connectivity index (χ4v) is 6.79. The van der Waals surface area contributed by atoms with Gasteiger partial charge in [0.1, 0.15) is 0 Å². The first-order valence-corrected chi connectivity index (χ1v) is 11.6. The largest absolute Gasteiger partial charge is 0.356 e. The Morgan fingerprint density at radius 2 is 1.85 bits per heavy atom. The molecule has 4 saturated carbocycles. The van der Waals surface area contributed by atoms with Crippen molar-refractivity contribution >= 4 is 17.7 Å². The maximum atomic E-state index is 12.3. The van der Waals surface area contributed by atoms with Crippen LogP contribution in [0.1, 0.15) is 62.6 Å². The maximum Gasteiger partial charge on any atom is 0.254 e. The molecule has 0 spiro atoms. The van der Waals surface area contributed by atoms with Gasteiger partial charge >= 0.3 is 0 Å². The summed E-state index contributed by atoms with van der Waals surface area (Å²) in [6, 6.07) is 0. The molecule has 4 aliphatic carbocycles. The van der Waals surface area contributed by atoms with E-state index < -0.39 is 0 Å². The lowest BCUT2D eigenvalue weighted by molar-refractivity contribution is -0.121. The number of H-pyrrole nitrogens is 1. The predicted molar refractivity (Wildman–Crippen MR) is 108 cm³/mol. The van der Waals surface area contributed by atoms with Crippen LogP contribution in [-0.2, 0) is 11.2 Å². The van der Waals surface area contributed by atoms with Gasteiger partial charge in [-0.25, -0.2) is 4.98 Å². The first-order valence-electron chi connectivity index (χ1n) is 10.4. The molecule has 0 aliphatic heterocycles. The van der Waals surface area contributed by atoms with E-state index in [1.165, 1.54) is 50.3 Å². The van der Waals surface area contributed by atoms with Crippen molar-refractivity contribution < 1.29 is 4.79 Å². The van der Waals surface area contributed by atoms with Crippen molar-refractivity contribution in [2.75, 3.05) is 12.8 Å². The average Bonchev–Trinajstić information content (AvgIpc) is 2.59. The fraction of sp³-hybridized carbons (Fsp3) is 0.762. The zero-order chi connectivity index (χ0) is 19.0. The molecule has 2 N–H and O–H groups in total. The first kappa shape index (κ1) is 19.0. The Kier molecular flexibility index (Phi) is 5.36. The van der Waals surface area contributed by atoms with Crippen molar-refractivity contribution in [2.24, 2.45) is 23.2 Å². The van der Waals surface area contributed by atoms with Crippen LogP contribution in [0.5, 0.6) is 0 Å². The molecule has 0 aromatic carbocycles. The van der Waals surface area contributed by atoms with E-state index in [0.717, 1.165) is 36.4 Å². The third-order valence-electron chi connectivity index (χ3n) is 7.14. The molecule has 148 valence electrons. The third kappa shape index (κ3) is 4.10. The predicted octanol–water partition coefficient (Wildman–Crippen LogP) is 3.46. The van der Waals surface area contributed by atoms with Crippen molar-refractivity contribution in [1.29, 1.82) is 0 Å². The molecule has 1 aromatic rings. The van der Waals surface area contributed by atoms with Gasteiger partial charge in [-0.1, -0.05) is 11.8 Å². The topological polar surface area (TPSA) is 74.8 Å². The lowest BCUT2D eigenvalue weighted by Gasteiger charge is -2.57. The van der Waals surface area contributed by atoms with E-state index in [9.17, 15) is 9.59 Å². The standard InChI is InChI=1S/C21H31N3O2S/c1-13-17(19(26)24-20(23-13)27-2)3-4-18(25)22-6-5-21-10-14-7-15(11-21)9-16(8-14)12-21/h14-16H,3-12H2,1-2H3,(H,22,25)(H,23,24,26). The minimum Gasteiger partial charge on any atom is -0.356 e. The minimum absolute atomic E-state index is 0.0486. The summed E-state index contributed by atoms with van der Waals surface area (Å²) >= 11 is 1.42. The zero-order valence-corrected chi connectivity index (χ0v) is 17.3. The molecule has 5 rings (SSSR count). The second kappa shape index (κ2) is 7.61. The van der Waals surface area contributed by atoms with Crippen LogP contribution in [-0.4, -0.2) is 28.7 Å². The van der Waals surface area contributed by atoms with Crippen molar-refractivity contribution in [2.45, 2.75) is 69.9 Å². The summed E-state index contributed by atoms with van der Waals surface area (Å²) in [6.07, 6.45) is 12.4. The Hall–Kier alpha value is -1.30. The summed E-state index contributed by atoms with van der Waals surface area (Å²) in [5.41, 5.74) is 1.74. The first-order chi connectivity index (χ1) is 13.0. The number of thioether (sulfide) groups is 1. The quantitative estimate of drug-likeness (QED) is 0.553. The van der Waals surface area contributed by atoms with Crippen molar-refractivity contribution in [1.82, 2.24) is 15.3 Å². The SMILES string of the molecule is CSc1nc(C)c(CCC(=O)NCCC23CC4CC(CC(C4)C2)C3)c(=O)[nH]1. The van der Waals surface area contributed by atoms with Gasteiger partial charge in [0, 0.05) is 24.2 Å². The molecule has 4 fully saturated rings. The van der Waals surface area contributed by atoms with Crippen molar-refractivity contribution in [3.05, 3.63) is 21.6 Å².